The van der Waals surface area contributed by atoms with Gasteiger partial charge in [-0.15, -0.1) is 0 Å². The molecule has 2 aromatic rings. The number of ether oxygens (including phenoxy) is 1. The van der Waals surface area contributed by atoms with Crippen LogP contribution >= 0.6 is 15.9 Å². The van der Waals surface area contributed by atoms with Gasteiger partial charge >= 0.3 is 0 Å². The molecule has 22 heavy (non-hydrogen) atoms. The molecule has 2 nitrogen and oxygen atoms in total. The summed E-state index contributed by atoms with van der Waals surface area (Å²) >= 11 is 3.64. The summed E-state index contributed by atoms with van der Waals surface area (Å²) in [4.78, 5) is 0. The number of hydrogen-bond donors (Lipinski definition) is 1. The monoisotopic (exact) mass is 359 g/mol. The van der Waals surface area contributed by atoms with Gasteiger partial charge in [-0.25, -0.2) is 0 Å². The zero-order chi connectivity index (χ0) is 15.2. The summed E-state index contributed by atoms with van der Waals surface area (Å²) in [5.41, 5.74) is 2.63. The highest BCUT2D eigenvalue weighted by Gasteiger charge is 2.14. The third-order valence-corrected chi connectivity index (χ3v) is 4.74. The molecule has 2 aromatic carbocycles. The molecule has 1 N–H and O–H groups in total. The van der Waals surface area contributed by atoms with Gasteiger partial charge in [-0.2, -0.15) is 0 Å². The van der Waals surface area contributed by atoms with Crippen molar-refractivity contribution in [3.8, 4) is 5.75 Å². The Hall–Kier alpha value is -1.32. The first-order valence-electron chi connectivity index (χ1n) is 7.97. The fourth-order valence-corrected chi connectivity index (χ4v) is 3.42. The molecular weight excluding hydrogens is 338 g/mol. The van der Waals surface area contributed by atoms with E-state index in [4.69, 9.17) is 4.74 Å². The number of halogens is 1. The van der Waals surface area contributed by atoms with Gasteiger partial charge < -0.3 is 10.1 Å². The van der Waals surface area contributed by atoms with E-state index in [-0.39, 0.29) is 0 Å². The van der Waals surface area contributed by atoms with E-state index < -0.39 is 0 Å². The summed E-state index contributed by atoms with van der Waals surface area (Å²) in [6.45, 7) is 3.02. The molecule has 0 aromatic heterocycles. The van der Waals surface area contributed by atoms with E-state index in [1.54, 1.807) is 0 Å². The van der Waals surface area contributed by atoms with Gasteiger partial charge in [0.1, 0.15) is 5.75 Å². The van der Waals surface area contributed by atoms with Crippen LogP contribution in [0.4, 0.5) is 0 Å². The van der Waals surface area contributed by atoms with E-state index in [1.165, 1.54) is 24.0 Å². The second-order valence-electron chi connectivity index (χ2n) is 5.95. The molecule has 0 bridgehead atoms. The highest BCUT2D eigenvalue weighted by Crippen LogP contribution is 2.28. The Kier molecular flexibility index (Phi) is 5.52. The van der Waals surface area contributed by atoms with Gasteiger partial charge in [0.25, 0.3) is 0 Å². The maximum Gasteiger partial charge on any atom is 0.133 e. The fourth-order valence-electron chi connectivity index (χ4n) is 2.88. The van der Waals surface area contributed by atoms with Crippen molar-refractivity contribution < 1.29 is 4.74 Å². The first-order valence-corrected chi connectivity index (χ1v) is 8.76. The molecule has 0 unspecified atom stereocenters. The molecule has 0 aliphatic carbocycles. The lowest BCUT2D eigenvalue weighted by Gasteiger charge is -2.23. The number of piperidine rings is 1. The Balaban J connectivity index is 1.59. The molecule has 1 aliphatic rings. The maximum atomic E-state index is 5.99. The van der Waals surface area contributed by atoms with Crippen LogP contribution in [0.1, 0.15) is 24.0 Å². The molecule has 0 radical (unpaired) electrons. The van der Waals surface area contributed by atoms with Crippen LogP contribution in [0, 0.1) is 5.92 Å². The molecule has 0 spiro atoms. The third-order valence-electron chi connectivity index (χ3n) is 4.12. The van der Waals surface area contributed by atoms with Crippen molar-refractivity contribution in [2.75, 3.05) is 19.7 Å². The molecule has 1 heterocycles. The minimum absolute atomic E-state index is 0.629. The van der Waals surface area contributed by atoms with Crippen LogP contribution in [-0.2, 0) is 6.42 Å². The Morgan fingerprint density at radius 1 is 1.09 bits per heavy atom. The highest BCUT2D eigenvalue weighted by atomic mass is 79.9. The molecule has 1 aliphatic heterocycles. The fraction of sp³-hybridized carbons (Fsp3) is 0.368. The molecule has 1 fully saturated rings. The first kappa shape index (κ1) is 15.6. The standard InChI is InChI=1S/C19H22BrNO/c20-18-12-16(11-15-5-2-1-3-6-15)8-9-19(18)22-14-17-7-4-10-21-13-17/h1-3,5-6,8-9,12,17,21H,4,7,10-11,13-14H2/t17-/m0/s1. The summed E-state index contributed by atoms with van der Waals surface area (Å²) in [6, 6.07) is 17.0. The lowest BCUT2D eigenvalue weighted by Crippen LogP contribution is -2.33. The number of rotatable bonds is 5. The maximum absolute atomic E-state index is 5.99. The van der Waals surface area contributed by atoms with Gasteiger partial charge in [0, 0.05) is 12.5 Å². The van der Waals surface area contributed by atoms with Crippen molar-refractivity contribution in [1.29, 1.82) is 0 Å². The van der Waals surface area contributed by atoms with Crippen molar-refractivity contribution in [2.45, 2.75) is 19.3 Å². The van der Waals surface area contributed by atoms with Crippen LogP contribution in [0.5, 0.6) is 5.75 Å². The summed E-state index contributed by atoms with van der Waals surface area (Å²) in [6.07, 6.45) is 3.47. The SMILES string of the molecule is Brc1cc(Cc2ccccc2)ccc1OC[C@H]1CCCNC1. The van der Waals surface area contributed by atoms with Crippen LogP contribution in [0.25, 0.3) is 0 Å². The van der Waals surface area contributed by atoms with Crippen molar-refractivity contribution in [2.24, 2.45) is 5.92 Å². The summed E-state index contributed by atoms with van der Waals surface area (Å²) in [5, 5.41) is 3.43. The van der Waals surface area contributed by atoms with Crippen LogP contribution < -0.4 is 10.1 Å². The van der Waals surface area contributed by atoms with E-state index in [0.717, 1.165) is 36.3 Å². The molecule has 3 heteroatoms. The minimum Gasteiger partial charge on any atom is -0.492 e. The van der Waals surface area contributed by atoms with Crippen LogP contribution in [0.2, 0.25) is 0 Å². The summed E-state index contributed by atoms with van der Waals surface area (Å²) in [5.74, 6) is 1.58. The van der Waals surface area contributed by atoms with E-state index in [9.17, 15) is 0 Å². The van der Waals surface area contributed by atoms with Gasteiger partial charge in [-0.05, 0) is 65.0 Å². The van der Waals surface area contributed by atoms with Crippen LogP contribution in [0.3, 0.4) is 0 Å². The summed E-state index contributed by atoms with van der Waals surface area (Å²) in [7, 11) is 0. The van der Waals surface area contributed by atoms with Gasteiger partial charge in [0.05, 0.1) is 11.1 Å². The van der Waals surface area contributed by atoms with E-state index in [1.807, 2.05) is 0 Å². The lowest BCUT2D eigenvalue weighted by atomic mass is 10.0. The minimum atomic E-state index is 0.629. The molecule has 3 rings (SSSR count). The van der Waals surface area contributed by atoms with Crippen LogP contribution in [-0.4, -0.2) is 19.7 Å². The molecule has 116 valence electrons. The highest BCUT2D eigenvalue weighted by molar-refractivity contribution is 9.10. The predicted molar refractivity (Wildman–Crippen MR) is 94.5 cm³/mol. The molecule has 1 atom stereocenters. The zero-order valence-corrected chi connectivity index (χ0v) is 14.3. The third kappa shape index (κ3) is 4.34. The van der Waals surface area contributed by atoms with Crippen molar-refractivity contribution in [3.63, 3.8) is 0 Å². The normalized spacial score (nSPS) is 18.1. The second-order valence-corrected chi connectivity index (χ2v) is 6.80. The molecule has 1 saturated heterocycles. The van der Waals surface area contributed by atoms with Crippen molar-refractivity contribution >= 4 is 15.9 Å². The van der Waals surface area contributed by atoms with Crippen LogP contribution in [0.15, 0.2) is 53.0 Å². The molecule has 0 amide bonds. The largest absolute Gasteiger partial charge is 0.492 e. The Morgan fingerprint density at radius 2 is 1.95 bits per heavy atom. The van der Waals surface area contributed by atoms with Gasteiger partial charge in [0.15, 0.2) is 0 Å². The topological polar surface area (TPSA) is 21.3 Å². The van der Waals surface area contributed by atoms with Gasteiger partial charge in [-0.3, -0.25) is 0 Å². The summed E-state index contributed by atoms with van der Waals surface area (Å²) < 4.78 is 7.04. The van der Waals surface area contributed by atoms with Crippen molar-refractivity contribution in [3.05, 3.63) is 64.1 Å². The van der Waals surface area contributed by atoms with Crippen molar-refractivity contribution in [1.82, 2.24) is 5.32 Å². The van der Waals surface area contributed by atoms with E-state index in [0.29, 0.717) is 5.92 Å². The zero-order valence-electron chi connectivity index (χ0n) is 12.7. The Morgan fingerprint density at radius 3 is 2.68 bits per heavy atom. The molecule has 0 saturated carbocycles. The predicted octanol–water partition coefficient (Wildman–Crippen LogP) is 4.42. The smallest absolute Gasteiger partial charge is 0.133 e. The lowest BCUT2D eigenvalue weighted by molar-refractivity contribution is 0.217. The van der Waals surface area contributed by atoms with Gasteiger partial charge in [0.2, 0.25) is 0 Å². The van der Waals surface area contributed by atoms with Gasteiger partial charge in [-0.1, -0.05) is 36.4 Å². The molecular formula is C19H22BrNO. The first-order chi connectivity index (χ1) is 10.8. The van der Waals surface area contributed by atoms with E-state index in [2.05, 4.69) is 69.8 Å². The quantitative estimate of drug-likeness (QED) is 0.852. The number of nitrogens with one attached hydrogen (secondary N) is 1. The second kappa shape index (κ2) is 7.80. The average Bonchev–Trinajstić information content (AvgIpc) is 2.56. The van der Waals surface area contributed by atoms with E-state index >= 15 is 0 Å². The number of benzene rings is 2. The Bertz CT molecular complexity index is 594. The Labute approximate surface area is 141 Å². The number of hydrogen-bond acceptors (Lipinski definition) is 2. The average molecular weight is 360 g/mol.